The highest BCUT2D eigenvalue weighted by Gasteiger charge is 2.28. The van der Waals surface area contributed by atoms with Gasteiger partial charge in [0.25, 0.3) is 11.5 Å². The quantitative estimate of drug-likeness (QED) is 0.289. The molecule has 35 heavy (non-hydrogen) atoms. The molecule has 1 aromatic heterocycles. The van der Waals surface area contributed by atoms with E-state index < -0.39 is 0 Å². The van der Waals surface area contributed by atoms with E-state index in [1.54, 1.807) is 10.6 Å². The number of carbonyl (C=O) groups is 1. The van der Waals surface area contributed by atoms with Crippen LogP contribution in [0.3, 0.4) is 0 Å². The van der Waals surface area contributed by atoms with Crippen LogP contribution in [-0.2, 0) is 6.42 Å². The number of hydrogen-bond donors (Lipinski definition) is 0. The molecule has 1 amide bonds. The average Bonchev–Trinajstić information content (AvgIpc) is 2.91. The molecule has 5 heteroatoms. The summed E-state index contributed by atoms with van der Waals surface area (Å²) in [5.41, 5.74) is 3.15. The molecule has 0 N–H and O–H groups in total. The Labute approximate surface area is 207 Å². The number of benzene rings is 3. The lowest BCUT2D eigenvalue weighted by atomic mass is 10.0. The molecule has 1 atom stereocenters. The number of rotatable bonds is 9. The number of amides is 1. The van der Waals surface area contributed by atoms with E-state index in [4.69, 9.17) is 4.98 Å². The number of carbonyl (C=O) groups excluding carboxylic acids is 1. The van der Waals surface area contributed by atoms with Crippen LogP contribution >= 0.6 is 0 Å². The third-order valence-electron chi connectivity index (χ3n) is 6.50. The zero-order valence-electron chi connectivity index (χ0n) is 20.8. The Kier molecular flexibility index (Phi) is 7.76. The summed E-state index contributed by atoms with van der Waals surface area (Å²) in [6.45, 7) is 6.69. The first kappa shape index (κ1) is 24.4. The second kappa shape index (κ2) is 11.1. The predicted molar refractivity (Wildman–Crippen MR) is 142 cm³/mol. The molecule has 1 heterocycles. The van der Waals surface area contributed by atoms with E-state index in [9.17, 15) is 9.59 Å². The Morgan fingerprint density at radius 1 is 0.914 bits per heavy atom. The smallest absolute Gasteiger partial charge is 0.266 e. The molecule has 0 aliphatic heterocycles. The molecule has 0 fully saturated rings. The lowest BCUT2D eigenvalue weighted by molar-refractivity contribution is 0.0672. The molecule has 0 bridgehead atoms. The van der Waals surface area contributed by atoms with Crippen LogP contribution in [0, 0.1) is 0 Å². The number of aromatic nitrogens is 2. The molecular formula is C30H33N3O2. The Balaban J connectivity index is 1.80. The summed E-state index contributed by atoms with van der Waals surface area (Å²) in [5, 5.41) is 0.562. The van der Waals surface area contributed by atoms with E-state index >= 15 is 0 Å². The maximum absolute atomic E-state index is 13.7. The third kappa shape index (κ3) is 5.04. The van der Waals surface area contributed by atoms with Crippen LogP contribution in [0.1, 0.15) is 67.8 Å². The minimum absolute atomic E-state index is 0.0524. The highest BCUT2D eigenvalue weighted by atomic mass is 16.2. The number of hydrogen-bond acceptors (Lipinski definition) is 3. The second-order valence-corrected chi connectivity index (χ2v) is 8.78. The number of nitrogens with zero attached hydrogens (tertiary/aromatic N) is 3. The van der Waals surface area contributed by atoms with Gasteiger partial charge in [-0.05, 0) is 68.1 Å². The van der Waals surface area contributed by atoms with Gasteiger partial charge in [-0.2, -0.15) is 0 Å². The van der Waals surface area contributed by atoms with Crippen molar-refractivity contribution in [1.29, 1.82) is 0 Å². The molecule has 4 rings (SSSR count). The van der Waals surface area contributed by atoms with E-state index in [2.05, 4.69) is 6.92 Å². The summed E-state index contributed by atoms with van der Waals surface area (Å²) in [6.07, 6.45) is 3.93. The molecule has 5 nitrogen and oxygen atoms in total. The van der Waals surface area contributed by atoms with Crippen molar-refractivity contribution in [2.75, 3.05) is 6.54 Å². The number of aryl methyl sites for hydroxylation is 1. The summed E-state index contributed by atoms with van der Waals surface area (Å²) in [4.78, 5) is 34.1. The van der Waals surface area contributed by atoms with Crippen molar-refractivity contribution in [3.63, 3.8) is 0 Å². The van der Waals surface area contributed by atoms with Crippen LogP contribution in [0.25, 0.3) is 16.6 Å². The fraction of sp³-hybridized carbons (Fsp3) is 0.300. The maximum Gasteiger partial charge on any atom is 0.266 e. The summed E-state index contributed by atoms with van der Waals surface area (Å²) >= 11 is 0. The zero-order chi connectivity index (χ0) is 24.8. The van der Waals surface area contributed by atoms with Crippen LogP contribution in [0.15, 0.2) is 83.7 Å². The summed E-state index contributed by atoms with van der Waals surface area (Å²) in [7, 11) is 0. The Morgan fingerprint density at radius 2 is 1.60 bits per heavy atom. The topological polar surface area (TPSA) is 55.2 Å². The van der Waals surface area contributed by atoms with Crippen LogP contribution in [0.5, 0.6) is 0 Å². The largest absolute Gasteiger partial charge is 0.329 e. The molecule has 0 saturated heterocycles. The highest BCUT2D eigenvalue weighted by molar-refractivity contribution is 5.94. The van der Waals surface area contributed by atoms with Gasteiger partial charge < -0.3 is 4.90 Å². The summed E-state index contributed by atoms with van der Waals surface area (Å²) in [6, 6.07) is 24.5. The van der Waals surface area contributed by atoms with Gasteiger partial charge in [0.15, 0.2) is 0 Å². The number of unbranched alkanes of at least 4 members (excludes halogenated alkanes) is 1. The van der Waals surface area contributed by atoms with E-state index in [0.717, 1.165) is 24.9 Å². The van der Waals surface area contributed by atoms with Gasteiger partial charge in [-0.3, -0.25) is 14.2 Å². The minimum atomic E-state index is -0.357. The Bertz CT molecular complexity index is 1340. The monoisotopic (exact) mass is 467 g/mol. The molecule has 0 aliphatic carbocycles. The lowest BCUT2D eigenvalue weighted by Gasteiger charge is -2.31. The second-order valence-electron chi connectivity index (χ2n) is 8.78. The first-order valence-electron chi connectivity index (χ1n) is 12.6. The first-order valence-corrected chi connectivity index (χ1v) is 12.6. The van der Waals surface area contributed by atoms with Gasteiger partial charge in [0.1, 0.15) is 5.82 Å². The van der Waals surface area contributed by atoms with Crippen molar-refractivity contribution in [2.45, 2.75) is 52.5 Å². The Morgan fingerprint density at radius 3 is 2.26 bits per heavy atom. The minimum Gasteiger partial charge on any atom is -0.329 e. The van der Waals surface area contributed by atoms with Gasteiger partial charge in [0, 0.05) is 12.1 Å². The molecule has 0 aliphatic rings. The van der Waals surface area contributed by atoms with Crippen molar-refractivity contribution in [3.05, 3.63) is 106 Å². The Hall–Kier alpha value is -3.73. The van der Waals surface area contributed by atoms with Gasteiger partial charge in [-0.25, -0.2) is 4.98 Å². The van der Waals surface area contributed by atoms with Gasteiger partial charge in [-0.1, -0.05) is 62.7 Å². The van der Waals surface area contributed by atoms with Crippen LogP contribution in [-0.4, -0.2) is 26.9 Å². The van der Waals surface area contributed by atoms with Crippen molar-refractivity contribution in [1.82, 2.24) is 14.5 Å². The highest BCUT2D eigenvalue weighted by Crippen LogP contribution is 2.27. The fourth-order valence-electron chi connectivity index (χ4n) is 4.61. The molecule has 3 aromatic carbocycles. The van der Waals surface area contributed by atoms with Crippen LogP contribution < -0.4 is 5.56 Å². The molecule has 0 radical (unpaired) electrons. The van der Waals surface area contributed by atoms with Crippen LogP contribution in [0.2, 0.25) is 0 Å². The number of fused-ring (bicyclic) bond motifs is 1. The summed E-state index contributed by atoms with van der Waals surface area (Å²) < 4.78 is 1.67. The van der Waals surface area contributed by atoms with Crippen molar-refractivity contribution in [2.24, 2.45) is 0 Å². The standard InChI is InChI=1S/C30H33N3O2/c1-4-7-13-22-18-20-23(21-19-22)29(34)32(6-3)27(5-2)28-31-26-17-12-11-16-25(26)30(35)33(28)24-14-9-8-10-15-24/h8-12,14-21,27H,4-7,13H2,1-3H3. The first-order chi connectivity index (χ1) is 17.1. The van der Waals surface area contributed by atoms with Crippen molar-refractivity contribution >= 4 is 16.8 Å². The maximum atomic E-state index is 13.7. The van der Waals surface area contributed by atoms with Gasteiger partial charge in [0.05, 0.1) is 22.6 Å². The fourth-order valence-corrected chi connectivity index (χ4v) is 4.61. The van der Waals surface area contributed by atoms with E-state index in [1.165, 1.54) is 5.56 Å². The summed E-state index contributed by atoms with van der Waals surface area (Å²) in [5.74, 6) is 0.528. The van der Waals surface area contributed by atoms with Crippen molar-refractivity contribution in [3.8, 4) is 5.69 Å². The normalized spacial score (nSPS) is 12.0. The molecule has 180 valence electrons. The van der Waals surface area contributed by atoms with Crippen molar-refractivity contribution < 1.29 is 4.79 Å². The van der Waals surface area contributed by atoms with Gasteiger partial charge in [0.2, 0.25) is 0 Å². The predicted octanol–water partition coefficient (Wildman–Crippen LogP) is 6.34. The third-order valence-corrected chi connectivity index (χ3v) is 6.50. The molecule has 0 saturated carbocycles. The lowest BCUT2D eigenvalue weighted by Crippen LogP contribution is -2.38. The van der Waals surface area contributed by atoms with Gasteiger partial charge >= 0.3 is 0 Å². The van der Waals surface area contributed by atoms with Crippen LogP contribution in [0.4, 0.5) is 0 Å². The average molecular weight is 468 g/mol. The zero-order valence-corrected chi connectivity index (χ0v) is 20.8. The molecular weight excluding hydrogens is 434 g/mol. The SMILES string of the molecule is CCCCc1ccc(C(=O)N(CC)C(CC)c2nc3ccccc3c(=O)n2-c2ccccc2)cc1. The molecule has 1 unspecified atom stereocenters. The van der Waals surface area contributed by atoms with E-state index in [0.29, 0.717) is 35.3 Å². The number of para-hydroxylation sites is 2. The van der Waals surface area contributed by atoms with E-state index in [-0.39, 0.29) is 17.5 Å². The van der Waals surface area contributed by atoms with Gasteiger partial charge in [-0.15, -0.1) is 0 Å². The molecule has 0 spiro atoms. The molecule has 4 aromatic rings. The van der Waals surface area contributed by atoms with E-state index in [1.807, 2.05) is 91.5 Å².